The van der Waals surface area contributed by atoms with Gasteiger partial charge in [-0.05, 0) is 30.9 Å². The van der Waals surface area contributed by atoms with Crippen molar-refractivity contribution < 1.29 is 14.3 Å². The Morgan fingerprint density at radius 3 is 3.10 bits per heavy atom. The van der Waals surface area contributed by atoms with Gasteiger partial charge in [-0.25, -0.2) is 0 Å². The Labute approximate surface area is 126 Å². The van der Waals surface area contributed by atoms with Crippen molar-refractivity contribution >= 4 is 5.91 Å². The summed E-state index contributed by atoms with van der Waals surface area (Å²) in [5, 5.41) is 0. The molecule has 0 unspecified atom stereocenters. The first-order valence-electron chi connectivity index (χ1n) is 7.54. The van der Waals surface area contributed by atoms with Crippen LogP contribution in [-0.4, -0.2) is 49.3 Å². The predicted molar refractivity (Wildman–Crippen MR) is 79.7 cm³/mol. The zero-order chi connectivity index (χ0) is 14.9. The minimum absolute atomic E-state index is 0.160. The maximum atomic E-state index is 12.5. The monoisotopic (exact) mass is 292 g/mol. The molecular weight excluding hydrogens is 268 g/mol. The van der Waals surface area contributed by atoms with Crippen LogP contribution in [0.25, 0.3) is 0 Å². The first kappa shape index (κ1) is 15.9. The quantitative estimate of drug-likeness (QED) is 0.770. The van der Waals surface area contributed by atoms with Crippen molar-refractivity contribution in [3.05, 3.63) is 30.1 Å². The van der Waals surface area contributed by atoms with Gasteiger partial charge < -0.3 is 14.4 Å². The number of methoxy groups -OCH3 is 1. The molecule has 0 radical (unpaired) electrons. The van der Waals surface area contributed by atoms with E-state index in [1.807, 2.05) is 23.1 Å². The second-order valence-corrected chi connectivity index (χ2v) is 5.42. The van der Waals surface area contributed by atoms with E-state index in [9.17, 15) is 4.79 Å². The SMILES string of the molecule is COCCN(Cc1ccccn1)C(=O)C[C@H]1CCCOC1. The lowest BCUT2D eigenvalue weighted by Crippen LogP contribution is -2.36. The smallest absolute Gasteiger partial charge is 0.223 e. The lowest BCUT2D eigenvalue weighted by atomic mass is 9.98. The molecule has 0 bridgehead atoms. The van der Waals surface area contributed by atoms with Crippen LogP contribution in [0.2, 0.25) is 0 Å². The number of carbonyl (C=O) groups is 1. The predicted octanol–water partition coefficient (Wildman–Crippen LogP) is 1.87. The second kappa shape index (κ2) is 8.74. The Kier molecular flexibility index (Phi) is 6.63. The van der Waals surface area contributed by atoms with Crippen molar-refractivity contribution in [1.82, 2.24) is 9.88 Å². The van der Waals surface area contributed by atoms with E-state index in [0.29, 0.717) is 38.6 Å². The van der Waals surface area contributed by atoms with Crippen LogP contribution in [-0.2, 0) is 20.8 Å². The summed E-state index contributed by atoms with van der Waals surface area (Å²) in [7, 11) is 1.65. The normalized spacial score (nSPS) is 18.4. The van der Waals surface area contributed by atoms with Gasteiger partial charge in [-0.2, -0.15) is 0 Å². The van der Waals surface area contributed by atoms with Gasteiger partial charge in [0.1, 0.15) is 0 Å². The highest BCUT2D eigenvalue weighted by atomic mass is 16.5. The molecule has 1 aromatic rings. The summed E-state index contributed by atoms with van der Waals surface area (Å²) in [4.78, 5) is 18.6. The first-order chi connectivity index (χ1) is 10.3. The zero-order valence-corrected chi connectivity index (χ0v) is 12.7. The molecule has 1 saturated heterocycles. The van der Waals surface area contributed by atoms with Crippen LogP contribution >= 0.6 is 0 Å². The third-order valence-electron chi connectivity index (χ3n) is 3.71. The Morgan fingerprint density at radius 2 is 2.43 bits per heavy atom. The molecule has 21 heavy (non-hydrogen) atoms. The zero-order valence-electron chi connectivity index (χ0n) is 12.7. The molecule has 0 N–H and O–H groups in total. The fourth-order valence-electron chi connectivity index (χ4n) is 2.53. The summed E-state index contributed by atoms with van der Waals surface area (Å²) < 4.78 is 10.6. The van der Waals surface area contributed by atoms with E-state index in [-0.39, 0.29) is 5.91 Å². The van der Waals surface area contributed by atoms with Crippen LogP contribution in [0.1, 0.15) is 25.0 Å². The van der Waals surface area contributed by atoms with Crippen LogP contribution in [0.3, 0.4) is 0 Å². The fourth-order valence-corrected chi connectivity index (χ4v) is 2.53. The number of amides is 1. The van der Waals surface area contributed by atoms with Gasteiger partial charge in [0.05, 0.1) is 18.8 Å². The summed E-state index contributed by atoms with van der Waals surface area (Å²) in [6.45, 7) is 3.20. The topological polar surface area (TPSA) is 51.7 Å². The van der Waals surface area contributed by atoms with Crippen molar-refractivity contribution in [2.24, 2.45) is 5.92 Å². The van der Waals surface area contributed by atoms with E-state index < -0.39 is 0 Å². The summed E-state index contributed by atoms with van der Waals surface area (Å²) in [6, 6.07) is 5.76. The van der Waals surface area contributed by atoms with Crippen LogP contribution in [0, 0.1) is 5.92 Å². The van der Waals surface area contributed by atoms with E-state index in [0.717, 1.165) is 25.1 Å². The Balaban J connectivity index is 1.92. The van der Waals surface area contributed by atoms with Crippen molar-refractivity contribution in [1.29, 1.82) is 0 Å². The summed E-state index contributed by atoms with van der Waals surface area (Å²) in [5.74, 6) is 0.508. The minimum atomic E-state index is 0.160. The van der Waals surface area contributed by atoms with Gasteiger partial charge in [0.15, 0.2) is 0 Å². The standard InChI is InChI=1S/C16H24N2O3/c1-20-10-8-18(12-15-6-2-3-7-17-15)16(19)11-14-5-4-9-21-13-14/h2-3,6-7,14H,4-5,8-13H2,1H3/t14-/m1/s1. The fraction of sp³-hybridized carbons (Fsp3) is 0.625. The Morgan fingerprint density at radius 1 is 1.52 bits per heavy atom. The van der Waals surface area contributed by atoms with Crippen molar-refractivity contribution in [3.8, 4) is 0 Å². The van der Waals surface area contributed by atoms with E-state index in [1.54, 1.807) is 13.3 Å². The van der Waals surface area contributed by atoms with Gasteiger partial charge in [0.25, 0.3) is 0 Å². The molecular formula is C16H24N2O3. The minimum Gasteiger partial charge on any atom is -0.383 e. The van der Waals surface area contributed by atoms with Crippen LogP contribution < -0.4 is 0 Å². The highest BCUT2D eigenvalue weighted by Crippen LogP contribution is 2.18. The number of hydrogen-bond donors (Lipinski definition) is 0. The lowest BCUT2D eigenvalue weighted by molar-refractivity contribution is -0.134. The molecule has 1 aliphatic rings. The third kappa shape index (κ3) is 5.44. The van der Waals surface area contributed by atoms with E-state index in [2.05, 4.69) is 4.98 Å². The molecule has 116 valence electrons. The third-order valence-corrected chi connectivity index (χ3v) is 3.71. The van der Waals surface area contributed by atoms with Crippen molar-refractivity contribution in [2.75, 3.05) is 33.5 Å². The molecule has 0 spiro atoms. The molecule has 1 amide bonds. The molecule has 1 atom stereocenters. The van der Waals surface area contributed by atoms with Gasteiger partial charge in [0, 0.05) is 39.5 Å². The number of pyridine rings is 1. The summed E-state index contributed by atoms with van der Waals surface area (Å²) in [6.07, 6.45) is 4.43. The molecule has 1 fully saturated rings. The second-order valence-electron chi connectivity index (χ2n) is 5.42. The maximum absolute atomic E-state index is 12.5. The first-order valence-corrected chi connectivity index (χ1v) is 7.54. The van der Waals surface area contributed by atoms with Crippen LogP contribution in [0.5, 0.6) is 0 Å². The number of nitrogens with zero attached hydrogens (tertiary/aromatic N) is 2. The van der Waals surface area contributed by atoms with Crippen molar-refractivity contribution in [2.45, 2.75) is 25.8 Å². The van der Waals surface area contributed by atoms with Gasteiger partial charge in [-0.1, -0.05) is 6.07 Å². The molecule has 0 aromatic carbocycles. The number of ether oxygens (including phenoxy) is 2. The molecule has 1 aliphatic heterocycles. The van der Waals surface area contributed by atoms with E-state index in [4.69, 9.17) is 9.47 Å². The van der Waals surface area contributed by atoms with Crippen LogP contribution in [0.15, 0.2) is 24.4 Å². The highest BCUT2D eigenvalue weighted by molar-refractivity contribution is 5.76. The van der Waals surface area contributed by atoms with Crippen LogP contribution in [0.4, 0.5) is 0 Å². The number of hydrogen-bond acceptors (Lipinski definition) is 4. The van der Waals surface area contributed by atoms with Crippen molar-refractivity contribution in [3.63, 3.8) is 0 Å². The summed E-state index contributed by atoms with van der Waals surface area (Å²) >= 11 is 0. The Hall–Kier alpha value is -1.46. The van der Waals surface area contributed by atoms with E-state index in [1.165, 1.54) is 0 Å². The Bertz CT molecular complexity index is 419. The summed E-state index contributed by atoms with van der Waals surface area (Å²) in [5.41, 5.74) is 0.904. The molecule has 0 aliphatic carbocycles. The number of rotatable bonds is 7. The molecule has 1 aromatic heterocycles. The van der Waals surface area contributed by atoms with Gasteiger partial charge >= 0.3 is 0 Å². The molecule has 5 nitrogen and oxygen atoms in total. The molecule has 2 heterocycles. The number of aromatic nitrogens is 1. The number of carbonyl (C=O) groups excluding carboxylic acids is 1. The van der Waals surface area contributed by atoms with E-state index >= 15 is 0 Å². The largest absolute Gasteiger partial charge is 0.383 e. The maximum Gasteiger partial charge on any atom is 0.223 e. The average Bonchev–Trinajstić information content (AvgIpc) is 2.53. The molecule has 0 saturated carbocycles. The highest BCUT2D eigenvalue weighted by Gasteiger charge is 2.21. The molecule has 5 heteroatoms. The van der Waals surface area contributed by atoms with Gasteiger partial charge in [0.2, 0.25) is 5.91 Å². The lowest BCUT2D eigenvalue weighted by Gasteiger charge is -2.26. The van der Waals surface area contributed by atoms with Gasteiger partial charge in [-0.15, -0.1) is 0 Å². The molecule has 2 rings (SSSR count). The average molecular weight is 292 g/mol. The van der Waals surface area contributed by atoms with Gasteiger partial charge in [-0.3, -0.25) is 9.78 Å².